The van der Waals surface area contributed by atoms with Gasteiger partial charge in [-0.05, 0) is 30.7 Å². The van der Waals surface area contributed by atoms with Gasteiger partial charge in [0, 0.05) is 42.1 Å². The molecule has 4 nitrogen and oxygen atoms in total. The summed E-state index contributed by atoms with van der Waals surface area (Å²) in [4.78, 5) is 3.24. The van der Waals surface area contributed by atoms with E-state index in [1.165, 1.54) is 16.5 Å². The topological polar surface area (TPSA) is 45.6 Å². The van der Waals surface area contributed by atoms with E-state index in [0.29, 0.717) is 6.04 Å². The van der Waals surface area contributed by atoms with Gasteiger partial charge >= 0.3 is 0 Å². The summed E-state index contributed by atoms with van der Waals surface area (Å²) >= 11 is 0. The Bertz CT molecular complexity index is 639. The third kappa shape index (κ3) is 2.69. The molecule has 1 unspecified atom stereocenters. The minimum absolute atomic E-state index is 0.383. The standard InChI is InChI=1S/C15H18N4/c1-12(11-19-9-3-7-18-19)17-10-13-4-2-5-15-14(13)6-8-16-15/h2-9,12,16-17H,10-11H2,1H3. The van der Waals surface area contributed by atoms with Crippen molar-refractivity contribution in [2.24, 2.45) is 0 Å². The Balaban J connectivity index is 1.64. The first kappa shape index (κ1) is 12.0. The number of benzene rings is 1. The van der Waals surface area contributed by atoms with E-state index in [9.17, 15) is 0 Å². The summed E-state index contributed by atoms with van der Waals surface area (Å²) in [6.45, 7) is 3.94. The van der Waals surface area contributed by atoms with Crippen molar-refractivity contribution in [1.29, 1.82) is 0 Å². The third-order valence-corrected chi connectivity index (χ3v) is 3.35. The zero-order valence-corrected chi connectivity index (χ0v) is 11.0. The highest BCUT2D eigenvalue weighted by Crippen LogP contribution is 2.17. The Labute approximate surface area is 112 Å². The summed E-state index contributed by atoms with van der Waals surface area (Å²) in [5.41, 5.74) is 2.52. The molecule has 2 aromatic heterocycles. The fourth-order valence-electron chi connectivity index (χ4n) is 2.34. The first-order chi connectivity index (χ1) is 9.33. The molecule has 3 aromatic rings. The van der Waals surface area contributed by atoms with Crippen molar-refractivity contribution in [2.75, 3.05) is 0 Å². The summed E-state index contributed by atoms with van der Waals surface area (Å²) < 4.78 is 1.95. The van der Waals surface area contributed by atoms with Crippen LogP contribution in [0, 0.1) is 0 Å². The Morgan fingerprint density at radius 1 is 1.32 bits per heavy atom. The molecule has 0 aliphatic rings. The number of fused-ring (bicyclic) bond motifs is 1. The first-order valence-electron chi connectivity index (χ1n) is 6.59. The molecule has 0 bridgehead atoms. The Hall–Kier alpha value is -2.07. The molecular formula is C15H18N4. The molecular weight excluding hydrogens is 236 g/mol. The number of H-pyrrole nitrogens is 1. The molecule has 98 valence electrons. The van der Waals surface area contributed by atoms with Gasteiger partial charge in [0.2, 0.25) is 0 Å². The van der Waals surface area contributed by atoms with E-state index < -0.39 is 0 Å². The van der Waals surface area contributed by atoms with Crippen LogP contribution < -0.4 is 5.32 Å². The van der Waals surface area contributed by atoms with Crippen LogP contribution >= 0.6 is 0 Å². The number of hydrogen-bond donors (Lipinski definition) is 2. The molecule has 0 aliphatic heterocycles. The van der Waals surface area contributed by atoms with E-state index in [-0.39, 0.29) is 0 Å². The minimum atomic E-state index is 0.383. The van der Waals surface area contributed by atoms with Crippen molar-refractivity contribution >= 4 is 10.9 Å². The van der Waals surface area contributed by atoms with Crippen molar-refractivity contribution in [2.45, 2.75) is 26.1 Å². The van der Waals surface area contributed by atoms with Gasteiger partial charge < -0.3 is 10.3 Å². The van der Waals surface area contributed by atoms with Gasteiger partial charge in [0.25, 0.3) is 0 Å². The molecule has 1 atom stereocenters. The second kappa shape index (κ2) is 5.28. The van der Waals surface area contributed by atoms with E-state index >= 15 is 0 Å². The fraction of sp³-hybridized carbons (Fsp3) is 0.267. The number of rotatable bonds is 5. The molecule has 0 fully saturated rings. The van der Waals surface area contributed by atoms with Crippen LogP contribution in [-0.4, -0.2) is 20.8 Å². The van der Waals surface area contributed by atoms with Crippen LogP contribution in [0.3, 0.4) is 0 Å². The highest BCUT2D eigenvalue weighted by Gasteiger charge is 2.05. The smallest absolute Gasteiger partial charge is 0.0560 e. The molecule has 0 saturated heterocycles. The lowest BCUT2D eigenvalue weighted by Crippen LogP contribution is -2.30. The van der Waals surface area contributed by atoms with Crippen LogP contribution in [0.1, 0.15) is 12.5 Å². The molecule has 2 heterocycles. The van der Waals surface area contributed by atoms with Crippen LogP contribution in [0.5, 0.6) is 0 Å². The minimum Gasteiger partial charge on any atom is -0.361 e. The molecule has 4 heteroatoms. The average molecular weight is 254 g/mol. The fourth-order valence-corrected chi connectivity index (χ4v) is 2.34. The van der Waals surface area contributed by atoms with E-state index in [4.69, 9.17) is 0 Å². The lowest BCUT2D eigenvalue weighted by Gasteiger charge is -2.14. The number of aromatic nitrogens is 3. The highest BCUT2D eigenvalue weighted by molar-refractivity contribution is 5.82. The molecule has 0 saturated carbocycles. The number of aromatic amines is 1. The van der Waals surface area contributed by atoms with E-state index in [0.717, 1.165) is 13.1 Å². The van der Waals surface area contributed by atoms with Crippen LogP contribution in [-0.2, 0) is 13.1 Å². The van der Waals surface area contributed by atoms with Crippen LogP contribution in [0.2, 0.25) is 0 Å². The van der Waals surface area contributed by atoms with Gasteiger partial charge in [0.1, 0.15) is 0 Å². The summed E-state index contributed by atoms with van der Waals surface area (Å²) in [7, 11) is 0. The zero-order chi connectivity index (χ0) is 13.1. The Morgan fingerprint density at radius 2 is 2.26 bits per heavy atom. The largest absolute Gasteiger partial charge is 0.361 e. The quantitative estimate of drug-likeness (QED) is 0.735. The Morgan fingerprint density at radius 3 is 3.11 bits per heavy atom. The maximum absolute atomic E-state index is 4.22. The normalized spacial score (nSPS) is 12.9. The van der Waals surface area contributed by atoms with Gasteiger partial charge in [0.15, 0.2) is 0 Å². The second-order valence-electron chi connectivity index (χ2n) is 4.87. The predicted molar refractivity (Wildman–Crippen MR) is 76.8 cm³/mol. The maximum Gasteiger partial charge on any atom is 0.0560 e. The Kier molecular flexibility index (Phi) is 3.33. The predicted octanol–water partition coefficient (Wildman–Crippen LogP) is 2.54. The van der Waals surface area contributed by atoms with Gasteiger partial charge in [-0.15, -0.1) is 0 Å². The van der Waals surface area contributed by atoms with E-state index in [1.54, 1.807) is 0 Å². The van der Waals surface area contributed by atoms with Crippen molar-refractivity contribution in [1.82, 2.24) is 20.1 Å². The lowest BCUT2D eigenvalue weighted by molar-refractivity contribution is 0.451. The van der Waals surface area contributed by atoms with E-state index in [2.05, 4.69) is 46.6 Å². The van der Waals surface area contributed by atoms with Gasteiger partial charge in [0.05, 0.1) is 6.54 Å². The van der Waals surface area contributed by atoms with Crippen molar-refractivity contribution in [3.05, 3.63) is 54.5 Å². The summed E-state index contributed by atoms with van der Waals surface area (Å²) in [5.74, 6) is 0. The number of nitrogens with zero attached hydrogens (tertiary/aromatic N) is 2. The molecule has 1 aromatic carbocycles. The maximum atomic E-state index is 4.22. The molecule has 3 rings (SSSR count). The average Bonchev–Trinajstić information content (AvgIpc) is 3.06. The van der Waals surface area contributed by atoms with Gasteiger partial charge in [-0.1, -0.05) is 12.1 Å². The molecule has 2 N–H and O–H groups in total. The summed E-state index contributed by atoms with van der Waals surface area (Å²) in [6, 6.07) is 10.8. The van der Waals surface area contributed by atoms with Crippen LogP contribution in [0.15, 0.2) is 48.9 Å². The summed E-state index contributed by atoms with van der Waals surface area (Å²) in [6.07, 6.45) is 5.79. The van der Waals surface area contributed by atoms with E-state index in [1.807, 2.05) is 29.3 Å². The number of nitrogens with one attached hydrogen (secondary N) is 2. The third-order valence-electron chi connectivity index (χ3n) is 3.35. The second-order valence-corrected chi connectivity index (χ2v) is 4.87. The lowest BCUT2D eigenvalue weighted by atomic mass is 10.1. The molecule has 19 heavy (non-hydrogen) atoms. The first-order valence-corrected chi connectivity index (χ1v) is 6.59. The molecule has 0 aliphatic carbocycles. The SMILES string of the molecule is CC(Cn1cccn1)NCc1cccc2[nH]ccc12. The molecule has 0 amide bonds. The van der Waals surface area contributed by atoms with Gasteiger partial charge in [-0.3, -0.25) is 4.68 Å². The van der Waals surface area contributed by atoms with Gasteiger partial charge in [-0.2, -0.15) is 5.10 Å². The summed E-state index contributed by atoms with van der Waals surface area (Å²) in [5, 5.41) is 9.06. The monoisotopic (exact) mass is 254 g/mol. The number of hydrogen-bond acceptors (Lipinski definition) is 2. The van der Waals surface area contributed by atoms with Crippen molar-refractivity contribution in [3.63, 3.8) is 0 Å². The van der Waals surface area contributed by atoms with Crippen LogP contribution in [0.25, 0.3) is 10.9 Å². The van der Waals surface area contributed by atoms with Crippen molar-refractivity contribution < 1.29 is 0 Å². The zero-order valence-electron chi connectivity index (χ0n) is 11.0. The highest BCUT2D eigenvalue weighted by atomic mass is 15.3. The molecule has 0 spiro atoms. The van der Waals surface area contributed by atoms with Crippen molar-refractivity contribution in [3.8, 4) is 0 Å². The van der Waals surface area contributed by atoms with Crippen LogP contribution in [0.4, 0.5) is 0 Å². The van der Waals surface area contributed by atoms with Gasteiger partial charge in [-0.25, -0.2) is 0 Å². The molecule has 0 radical (unpaired) electrons.